The van der Waals surface area contributed by atoms with Crippen molar-refractivity contribution in [3.63, 3.8) is 0 Å². The van der Waals surface area contributed by atoms with Crippen molar-refractivity contribution in [3.8, 4) is 0 Å². The maximum Gasteiger partial charge on any atom is 0.472 e. The van der Waals surface area contributed by atoms with Crippen LogP contribution in [0.5, 0.6) is 0 Å². The lowest BCUT2D eigenvalue weighted by atomic mass is 9.99. The van der Waals surface area contributed by atoms with E-state index in [4.69, 9.17) is 37.0 Å². The summed E-state index contributed by atoms with van der Waals surface area (Å²) in [5, 5.41) is 10.6. The summed E-state index contributed by atoms with van der Waals surface area (Å²) < 4.78 is 68.6. The van der Waals surface area contributed by atoms with Crippen LogP contribution in [-0.4, -0.2) is 96.7 Å². The first-order valence-corrected chi connectivity index (χ1v) is 43.3. The molecule has 0 fully saturated rings. The molecule has 0 rings (SSSR count). The Hall–Kier alpha value is -1.94. The Morgan fingerprint density at radius 3 is 0.732 bits per heavy atom. The second kappa shape index (κ2) is 67.2. The van der Waals surface area contributed by atoms with E-state index in [1.54, 1.807) is 0 Å². The Bertz CT molecular complexity index is 1910. The van der Waals surface area contributed by atoms with Gasteiger partial charge in [-0.1, -0.05) is 344 Å². The average molecular weight is 1420 g/mol. The van der Waals surface area contributed by atoms with Crippen molar-refractivity contribution in [2.45, 2.75) is 414 Å². The monoisotopic (exact) mass is 1420 g/mol. The van der Waals surface area contributed by atoms with Crippen molar-refractivity contribution in [2.24, 2.45) is 23.7 Å². The second-order valence-corrected chi connectivity index (χ2v) is 32.2. The SMILES string of the molecule is CCC(C)CCCCCCCCCCCCCCCCC(=O)O[C@H](COC(=O)CCCCCCCCC(C)CC)COP(=O)(O)OC[C@@H](O)COP(=O)(O)OC[C@@H](COC(=O)CCCCCCCCC(C)CC)OC(=O)CCCCCCCCCCCCCCCCCCC(C)C. The number of unbranched alkanes of at least 4 members (excludes halogenated alkanes) is 38. The Kier molecular flexibility index (Phi) is 65.9. The van der Waals surface area contributed by atoms with Gasteiger partial charge in [0.25, 0.3) is 0 Å². The molecule has 0 saturated heterocycles. The fourth-order valence-electron chi connectivity index (χ4n) is 11.8. The number of hydrogen-bond acceptors (Lipinski definition) is 15. The van der Waals surface area contributed by atoms with Crippen LogP contribution in [0.15, 0.2) is 0 Å². The van der Waals surface area contributed by atoms with Gasteiger partial charge in [0.2, 0.25) is 0 Å². The summed E-state index contributed by atoms with van der Waals surface area (Å²) in [4.78, 5) is 72.9. The number of aliphatic hydroxyl groups is 1. The van der Waals surface area contributed by atoms with Crippen LogP contribution in [0, 0.1) is 23.7 Å². The van der Waals surface area contributed by atoms with Crippen LogP contribution in [0.1, 0.15) is 396 Å². The number of esters is 4. The molecule has 0 saturated carbocycles. The van der Waals surface area contributed by atoms with Crippen molar-refractivity contribution in [2.75, 3.05) is 39.6 Å². The van der Waals surface area contributed by atoms with Crippen molar-refractivity contribution >= 4 is 39.5 Å². The van der Waals surface area contributed by atoms with Gasteiger partial charge in [0.05, 0.1) is 26.4 Å². The van der Waals surface area contributed by atoms with Gasteiger partial charge in [0.1, 0.15) is 19.3 Å². The fraction of sp³-hybridized carbons (Fsp3) is 0.949. The van der Waals surface area contributed by atoms with Crippen molar-refractivity contribution in [1.82, 2.24) is 0 Å². The van der Waals surface area contributed by atoms with Gasteiger partial charge in [0.15, 0.2) is 12.2 Å². The highest BCUT2D eigenvalue weighted by atomic mass is 31.2. The third-order valence-corrected chi connectivity index (χ3v) is 21.1. The first-order valence-electron chi connectivity index (χ1n) is 40.3. The molecule has 0 aromatic carbocycles. The van der Waals surface area contributed by atoms with E-state index in [-0.39, 0.29) is 25.7 Å². The predicted octanol–water partition coefficient (Wildman–Crippen LogP) is 22.8. The molecule has 0 aliphatic rings. The maximum absolute atomic E-state index is 13.1. The Morgan fingerprint density at radius 1 is 0.289 bits per heavy atom. The molecule has 19 heteroatoms. The highest BCUT2D eigenvalue weighted by Crippen LogP contribution is 2.45. The summed E-state index contributed by atoms with van der Waals surface area (Å²) >= 11 is 0. The predicted molar refractivity (Wildman–Crippen MR) is 395 cm³/mol. The molecule has 0 radical (unpaired) electrons. The summed E-state index contributed by atoms with van der Waals surface area (Å²) in [6.45, 7) is 14.2. The van der Waals surface area contributed by atoms with Crippen molar-refractivity contribution < 1.29 is 80.2 Å². The van der Waals surface area contributed by atoms with E-state index in [2.05, 4.69) is 55.4 Å². The lowest BCUT2D eigenvalue weighted by Gasteiger charge is -2.21. The lowest BCUT2D eigenvalue weighted by Crippen LogP contribution is -2.30. The number of aliphatic hydroxyl groups excluding tert-OH is 1. The average Bonchev–Trinajstić information content (AvgIpc) is 1.02. The normalized spacial score (nSPS) is 14.9. The largest absolute Gasteiger partial charge is 0.472 e. The van der Waals surface area contributed by atoms with Crippen molar-refractivity contribution in [1.29, 1.82) is 0 Å². The first-order chi connectivity index (χ1) is 46.7. The summed E-state index contributed by atoms with van der Waals surface area (Å²) in [6, 6.07) is 0. The molecule has 0 bridgehead atoms. The van der Waals surface area contributed by atoms with Crippen LogP contribution < -0.4 is 0 Å². The Balaban J connectivity index is 5.20. The third-order valence-electron chi connectivity index (χ3n) is 19.2. The van der Waals surface area contributed by atoms with Crippen LogP contribution in [0.25, 0.3) is 0 Å². The van der Waals surface area contributed by atoms with Gasteiger partial charge in [-0.05, 0) is 49.4 Å². The topological polar surface area (TPSA) is 237 Å². The van der Waals surface area contributed by atoms with E-state index < -0.39 is 97.5 Å². The van der Waals surface area contributed by atoms with Crippen LogP contribution in [0.2, 0.25) is 0 Å². The first kappa shape index (κ1) is 95.1. The van der Waals surface area contributed by atoms with Gasteiger partial charge in [0, 0.05) is 25.7 Å². The van der Waals surface area contributed by atoms with Crippen LogP contribution in [-0.2, 0) is 65.4 Å². The fourth-order valence-corrected chi connectivity index (χ4v) is 13.4. The van der Waals surface area contributed by atoms with Gasteiger partial charge in [-0.15, -0.1) is 0 Å². The molecule has 576 valence electrons. The molecule has 0 spiro atoms. The number of phosphoric acid groups is 2. The highest BCUT2D eigenvalue weighted by molar-refractivity contribution is 7.47. The number of ether oxygens (including phenoxy) is 4. The van der Waals surface area contributed by atoms with Gasteiger partial charge in [-0.2, -0.15) is 0 Å². The van der Waals surface area contributed by atoms with Crippen LogP contribution in [0.4, 0.5) is 0 Å². The second-order valence-electron chi connectivity index (χ2n) is 29.3. The zero-order chi connectivity index (χ0) is 71.7. The van der Waals surface area contributed by atoms with Crippen LogP contribution >= 0.6 is 15.6 Å². The molecule has 0 heterocycles. The standard InChI is InChI=1S/C78H152O17P2/c1-9-69(6)55-47-39-31-27-23-19-16-17-21-25-29-33-45-53-61-78(83)95-74(65-89-76(81)59-51-43-37-35-41-49-57-71(8)11-3)67-93-97(86,87)91-63-72(79)62-90-96(84,85)92-66-73(64-88-75(80)58-50-42-36-34-40-48-56-70(7)10-2)94-77(82)60-52-44-32-28-24-20-15-13-12-14-18-22-26-30-38-46-54-68(4)5/h68-74,79H,9-67H2,1-8H3,(H,84,85)(H,86,87)/t69?,70?,71?,72-,73+,74+/m0/s1. The molecule has 3 N–H and O–H groups in total. The van der Waals surface area contributed by atoms with E-state index >= 15 is 0 Å². The number of rotatable bonds is 75. The molecule has 97 heavy (non-hydrogen) atoms. The molecule has 0 aromatic heterocycles. The molecular weight excluding hydrogens is 1270 g/mol. The third kappa shape index (κ3) is 68.3. The maximum atomic E-state index is 13.1. The van der Waals surface area contributed by atoms with Crippen molar-refractivity contribution in [3.05, 3.63) is 0 Å². The summed E-state index contributed by atoms with van der Waals surface area (Å²) in [5.74, 6) is 0.996. The molecule has 17 nitrogen and oxygen atoms in total. The van der Waals surface area contributed by atoms with E-state index in [1.807, 2.05) is 0 Å². The Morgan fingerprint density at radius 2 is 0.495 bits per heavy atom. The molecule has 0 aromatic rings. The molecule has 0 aliphatic carbocycles. The molecule has 8 atom stereocenters. The molecular formula is C78H152O17P2. The summed E-state index contributed by atoms with van der Waals surface area (Å²) in [5.41, 5.74) is 0. The lowest BCUT2D eigenvalue weighted by molar-refractivity contribution is -0.161. The Labute approximate surface area is 594 Å². The van der Waals surface area contributed by atoms with Gasteiger partial charge < -0.3 is 33.8 Å². The number of phosphoric ester groups is 2. The zero-order valence-electron chi connectivity index (χ0n) is 63.7. The summed E-state index contributed by atoms with van der Waals surface area (Å²) in [7, 11) is -9.92. The smallest absolute Gasteiger partial charge is 0.462 e. The number of carbonyl (C=O) groups is 4. The molecule has 5 unspecified atom stereocenters. The minimum Gasteiger partial charge on any atom is -0.462 e. The van der Waals surface area contributed by atoms with Gasteiger partial charge >= 0.3 is 39.5 Å². The minimum absolute atomic E-state index is 0.106. The quantitative estimate of drug-likeness (QED) is 0.0222. The number of carbonyl (C=O) groups excluding carboxylic acids is 4. The molecule has 0 aliphatic heterocycles. The highest BCUT2D eigenvalue weighted by Gasteiger charge is 2.30. The van der Waals surface area contributed by atoms with Gasteiger partial charge in [-0.25, -0.2) is 9.13 Å². The van der Waals surface area contributed by atoms with Gasteiger partial charge in [-0.3, -0.25) is 37.3 Å². The van der Waals surface area contributed by atoms with E-state index in [0.29, 0.717) is 25.7 Å². The van der Waals surface area contributed by atoms with E-state index in [0.717, 1.165) is 126 Å². The number of hydrogen-bond donors (Lipinski definition) is 3. The minimum atomic E-state index is -4.96. The van der Waals surface area contributed by atoms with Crippen LogP contribution in [0.3, 0.4) is 0 Å². The summed E-state index contributed by atoms with van der Waals surface area (Å²) in [6.07, 6.45) is 52.8. The van der Waals surface area contributed by atoms with E-state index in [9.17, 15) is 43.2 Å². The molecule has 0 amide bonds. The zero-order valence-corrected chi connectivity index (χ0v) is 65.5. The van der Waals surface area contributed by atoms with E-state index in [1.165, 1.54) is 186 Å².